The van der Waals surface area contributed by atoms with Crippen LogP contribution in [-0.2, 0) is 21.9 Å². The molecule has 1 fully saturated rings. The third-order valence-electron chi connectivity index (χ3n) is 3.35. The lowest BCUT2D eigenvalue weighted by Crippen LogP contribution is -2.37. The molecular formula is C12H22N4O2S. The summed E-state index contributed by atoms with van der Waals surface area (Å²) in [6, 6.07) is 0.267. The number of nitrogens with one attached hydrogen (secondary N) is 1. The lowest BCUT2D eigenvalue weighted by atomic mass is 10.1. The molecule has 2 heterocycles. The molecule has 0 spiro atoms. The molecule has 1 aliphatic heterocycles. The summed E-state index contributed by atoms with van der Waals surface area (Å²) in [4.78, 5) is 0. The Morgan fingerprint density at radius 3 is 2.53 bits per heavy atom. The zero-order valence-corrected chi connectivity index (χ0v) is 12.6. The molecule has 1 aromatic heterocycles. The molecular weight excluding hydrogens is 264 g/mol. The van der Waals surface area contributed by atoms with Crippen molar-refractivity contribution in [1.29, 1.82) is 0 Å². The highest BCUT2D eigenvalue weighted by Crippen LogP contribution is 2.14. The minimum absolute atomic E-state index is 0.0653. The Morgan fingerprint density at radius 2 is 2.00 bits per heavy atom. The average molecular weight is 286 g/mol. The van der Waals surface area contributed by atoms with Gasteiger partial charge in [-0.25, -0.2) is 13.1 Å². The smallest absolute Gasteiger partial charge is 0.150 e. The van der Waals surface area contributed by atoms with Gasteiger partial charge in [0.25, 0.3) is 0 Å². The molecule has 6 nitrogen and oxygen atoms in total. The summed E-state index contributed by atoms with van der Waals surface area (Å²) in [5.41, 5.74) is 0.827. The van der Waals surface area contributed by atoms with Crippen molar-refractivity contribution in [3.05, 3.63) is 11.9 Å². The predicted octanol–water partition coefficient (Wildman–Crippen LogP) is 0.700. The van der Waals surface area contributed by atoms with Crippen LogP contribution in [0, 0.1) is 0 Å². The molecule has 0 atom stereocenters. The van der Waals surface area contributed by atoms with E-state index in [-0.39, 0.29) is 11.6 Å². The number of hydrogen-bond acceptors (Lipinski definition) is 5. The molecule has 7 heteroatoms. The molecule has 1 aromatic rings. The molecule has 0 radical (unpaired) electrons. The van der Waals surface area contributed by atoms with Crippen molar-refractivity contribution >= 4 is 9.84 Å². The quantitative estimate of drug-likeness (QED) is 0.885. The third-order valence-corrected chi connectivity index (χ3v) is 5.07. The first-order valence-electron chi connectivity index (χ1n) is 6.62. The Morgan fingerprint density at radius 1 is 1.37 bits per heavy atom. The average Bonchev–Trinajstić information content (AvgIpc) is 2.76. The lowest BCUT2D eigenvalue weighted by molar-refractivity contribution is 0.346. The van der Waals surface area contributed by atoms with E-state index in [0.717, 1.165) is 5.69 Å². The van der Waals surface area contributed by atoms with Crippen molar-refractivity contribution in [1.82, 2.24) is 20.3 Å². The molecule has 0 aliphatic carbocycles. The van der Waals surface area contributed by atoms with Crippen LogP contribution in [0.4, 0.5) is 0 Å². The zero-order valence-electron chi connectivity index (χ0n) is 11.8. The van der Waals surface area contributed by atoms with E-state index in [1.54, 1.807) is 0 Å². The van der Waals surface area contributed by atoms with Crippen LogP contribution in [0.15, 0.2) is 6.20 Å². The van der Waals surface area contributed by atoms with E-state index in [0.29, 0.717) is 30.9 Å². The molecule has 0 aromatic carbocycles. The molecule has 0 unspecified atom stereocenters. The van der Waals surface area contributed by atoms with E-state index < -0.39 is 9.84 Å². The van der Waals surface area contributed by atoms with E-state index in [1.807, 2.05) is 10.9 Å². The Bertz CT molecular complexity index is 516. The minimum atomic E-state index is -2.79. The summed E-state index contributed by atoms with van der Waals surface area (Å²) in [6.45, 7) is 6.86. The van der Waals surface area contributed by atoms with E-state index in [1.165, 1.54) is 0 Å². The first-order chi connectivity index (χ1) is 8.76. The van der Waals surface area contributed by atoms with Gasteiger partial charge in [-0.2, -0.15) is 0 Å². The number of rotatable bonds is 3. The maximum atomic E-state index is 11.3. The van der Waals surface area contributed by atoms with Crippen LogP contribution in [0.3, 0.4) is 0 Å². The van der Waals surface area contributed by atoms with Crippen molar-refractivity contribution in [2.45, 2.75) is 51.7 Å². The Hall–Kier alpha value is -0.950. The third kappa shape index (κ3) is 4.01. The normalized spacial score (nSPS) is 20.6. The fourth-order valence-corrected chi connectivity index (χ4v) is 3.54. The second kappa shape index (κ2) is 5.20. The van der Waals surface area contributed by atoms with Crippen LogP contribution in [0.2, 0.25) is 0 Å². The van der Waals surface area contributed by atoms with Gasteiger partial charge in [-0.05, 0) is 33.6 Å². The summed E-state index contributed by atoms with van der Waals surface area (Å²) in [5, 5.41) is 11.6. The summed E-state index contributed by atoms with van der Waals surface area (Å²) in [6.07, 6.45) is 3.32. The standard InChI is InChI=1S/C12H22N4O2S/c1-12(2,3)16-9-11(14-15-16)8-13-10-4-6-19(17,18)7-5-10/h9-10,13H,4-8H2,1-3H3. The summed E-state index contributed by atoms with van der Waals surface area (Å²) < 4.78 is 24.5. The number of nitrogens with zero attached hydrogens (tertiary/aromatic N) is 3. The van der Waals surface area contributed by atoms with Crippen molar-refractivity contribution in [3.8, 4) is 0 Å². The molecule has 0 saturated carbocycles. The minimum Gasteiger partial charge on any atom is -0.308 e. The van der Waals surface area contributed by atoms with Crippen LogP contribution in [0.1, 0.15) is 39.3 Å². The molecule has 2 rings (SSSR count). The van der Waals surface area contributed by atoms with Crippen LogP contribution in [0.5, 0.6) is 0 Å². The van der Waals surface area contributed by atoms with E-state index in [2.05, 4.69) is 36.4 Å². The fraction of sp³-hybridized carbons (Fsp3) is 0.833. The number of hydrogen-bond donors (Lipinski definition) is 1. The van der Waals surface area contributed by atoms with Gasteiger partial charge in [0.1, 0.15) is 9.84 Å². The van der Waals surface area contributed by atoms with Crippen LogP contribution < -0.4 is 5.32 Å². The van der Waals surface area contributed by atoms with Gasteiger partial charge in [0.2, 0.25) is 0 Å². The summed E-state index contributed by atoms with van der Waals surface area (Å²) in [7, 11) is -2.79. The first kappa shape index (κ1) is 14.5. The highest BCUT2D eigenvalue weighted by atomic mass is 32.2. The topological polar surface area (TPSA) is 76.9 Å². The highest BCUT2D eigenvalue weighted by Gasteiger charge is 2.23. The van der Waals surface area contributed by atoms with Gasteiger partial charge >= 0.3 is 0 Å². The lowest BCUT2D eigenvalue weighted by Gasteiger charge is -2.22. The molecule has 0 amide bonds. The molecule has 1 saturated heterocycles. The Kier molecular flexibility index (Phi) is 3.96. The Balaban J connectivity index is 1.85. The van der Waals surface area contributed by atoms with Gasteiger partial charge in [-0.15, -0.1) is 5.10 Å². The second-order valence-electron chi connectivity index (χ2n) is 6.13. The SMILES string of the molecule is CC(C)(C)n1cc(CNC2CCS(=O)(=O)CC2)nn1. The van der Waals surface area contributed by atoms with E-state index in [4.69, 9.17) is 0 Å². The van der Waals surface area contributed by atoms with Crippen LogP contribution in [-0.4, -0.2) is 41.0 Å². The molecule has 1 aliphatic rings. The van der Waals surface area contributed by atoms with Crippen molar-refractivity contribution in [2.24, 2.45) is 0 Å². The van der Waals surface area contributed by atoms with E-state index >= 15 is 0 Å². The largest absolute Gasteiger partial charge is 0.308 e. The van der Waals surface area contributed by atoms with Crippen molar-refractivity contribution in [3.63, 3.8) is 0 Å². The van der Waals surface area contributed by atoms with E-state index in [9.17, 15) is 8.42 Å². The predicted molar refractivity (Wildman–Crippen MR) is 73.5 cm³/mol. The zero-order chi connectivity index (χ0) is 14.1. The fourth-order valence-electron chi connectivity index (χ4n) is 2.05. The first-order valence-corrected chi connectivity index (χ1v) is 8.44. The van der Waals surface area contributed by atoms with Gasteiger partial charge in [-0.1, -0.05) is 5.21 Å². The van der Waals surface area contributed by atoms with Crippen molar-refractivity contribution in [2.75, 3.05) is 11.5 Å². The Labute approximate surface area is 114 Å². The van der Waals surface area contributed by atoms with Crippen LogP contribution in [0.25, 0.3) is 0 Å². The summed E-state index contributed by atoms with van der Waals surface area (Å²) in [5.74, 6) is 0.582. The number of aromatic nitrogens is 3. The van der Waals surface area contributed by atoms with Gasteiger partial charge < -0.3 is 5.32 Å². The second-order valence-corrected chi connectivity index (χ2v) is 8.44. The van der Waals surface area contributed by atoms with Gasteiger partial charge in [0.05, 0.1) is 28.9 Å². The molecule has 108 valence electrons. The van der Waals surface area contributed by atoms with Gasteiger partial charge in [0.15, 0.2) is 0 Å². The van der Waals surface area contributed by atoms with Crippen molar-refractivity contribution < 1.29 is 8.42 Å². The maximum Gasteiger partial charge on any atom is 0.150 e. The van der Waals surface area contributed by atoms with Gasteiger partial charge in [0, 0.05) is 12.6 Å². The monoisotopic (exact) mass is 286 g/mol. The molecule has 19 heavy (non-hydrogen) atoms. The van der Waals surface area contributed by atoms with Crippen LogP contribution >= 0.6 is 0 Å². The number of sulfone groups is 1. The van der Waals surface area contributed by atoms with Gasteiger partial charge in [-0.3, -0.25) is 0 Å². The molecule has 1 N–H and O–H groups in total. The molecule has 0 bridgehead atoms. The maximum absolute atomic E-state index is 11.3. The highest BCUT2D eigenvalue weighted by molar-refractivity contribution is 7.91. The summed E-state index contributed by atoms with van der Waals surface area (Å²) >= 11 is 0.